The zero-order valence-electron chi connectivity index (χ0n) is 12.0. The Morgan fingerprint density at radius 2 is 2.11 bits per heavy atom. The highest BCUT2D eigenvalue weighted by atomic mass is 16.5. The highest BCUT2D eigenvalue weighted by molar-refractivity contribution is 5.36. The second kappa shape index (κ2) is 6.30. The number of aryl methyl sites for hydroxylation is 1. The van der Waals surface area contributed by atoms with E-state index >= 15 is 0 Å². The molecule has 0 spiro atoms. The van der Waals surface area contributed by atoms with Crippen LogP contribution in [0.4, 0.5) is 5.82 Å². The van der Waals surface area contributed by atoms with Crippen molar-refractivity contribution in [2.24, 2.45) is 0 Å². The molecule has 0 bridgehead atoms. The molecule has 0 saturated carbocycles. The van der Waals surface area contributed by atoms with Gasteiger partial charge in [-0.25, -0.2) is 9.97 Å². The van der Waals surface area contributed by atoms with Crippen molar-refractivity contribution in [1.82, 2.24) is 9.97 Å². The lowest BCUT2D eigenvalue weighted by Gasteiger charge is -2.34. The van der Waals surface area contributed by atoms with E-state index in [1.807, 2.05) is 13.1 Å². The minimum Gasteiger partial charge on any atom is -0.381 e. The molecule has 0 radical (unpaired) electrons. The molecule has 1 fully saturated rings. The molecule has 1 aliphatic rings. The smallest absolute Gasteiger partial charge is 0.163 e. The summed E-state index contributed by atoms with van der Waals surface area (Å²) in [5, 5.41) is 3.11. The van der Waals surface area contributed by atoms with Crippen LogP contribution in [0.5, 0.6) is 0 Å². The van der Waals surface area contributed by atoms with Crippen LogP contribution in [-0.2, 0) is 21.5 Å². The summed E-state index contributed by atoms with van der Waals surface area (Å²) in [6.45, 7) is 3.55. The van der Waals surface area contributed by atoms with Gasteiger partial charge in [0.05, 0.1) is 0 Å². The zero-order valence-corrected chi connectivity index (χ0v) is 12.0. The molecule has 1 N–H and O–H groups in total. The monoisotopic (exact) mass is 265 g/mol. The normalized spacial score (nSPS) is 18.3. The Labute approximate surface area is 114 Å². The number of methoxy groups -OCH3 is 1. The molecule has 0 atom stereocenters. The lowest BCUT2D eigenvalue weighted by molar-refractivity contribution is -0.1000. The molecule has 1 aliphatic heterocycles. The van der Waals surface area contributed by atoms with Gasteiger partial charge in [0.1, 0.15) is 11.4 Å². The van der Waals surface area contributed by atoms with Gasteiger partial charge < -0.3 is 14.8 Å². The summed E-state index contributed by atoms with van der Waals surface area (Å²) in [5.74, 6) is 1.64. The maximum Gasteiger partial charge on any atom is 0.163 e. The van der Waals surface area contributed by atoms with Crippen molar-refractivity contribution in [2.75, 3.05) is 32.7 Å². The van der Waals surface area contributed by atoms with E-state index in [9.17, 15) is 0 Å². The minimum atomic E-state index is -0.395. The number of aromatic nitrogens is 2. The second-order valence-electron chi connectivity index (χ2n) is 4.88. The van der Waals surface area contributed by atoms with Crippen molar-refractivity contribution >= 4 is 5.82 Å². The Hall–Kier alpha value is -1.20. The van der Waals surface area contributed by atoms with E-state index in [0.717, 1.165) is 43.0 Å². The van der Waals surface area contributed by atoms with Crippen molar-refractivity contribution in [2.45, 2.75) is 38.2 Å². The SMILES string of the molecule is CCCc1cc(NC)nc(C2(OC)CCOCC2)n1. The first-order valence-corrected chi connectivity index (χ1v) is 6.93. The van der Waals surface area contributed by atoms with Crippen LogP contribution >= 0.6 is 0 Å². The summed E-state index contributed by atoms with van der Waals surface area (Å²) in [5.41, 5.74) is 0.674. The largest absolute Gasteiger partial charge is 0.381 e. The summed E-state index contributed by atoms with van der Waals surface area (Å²) < 4.78 is 11.2. The molecule has 2 heterocycles. The summed E-state index contributed by atoms with van der Waals surface area (Å²) in [6, 6.07) is 2.01. The summed E-state index contributed by atoms with van der Waals surface area (Å²) in [6.07, 6.45) is 3.65. The average molecular weight is 265 g/mol. The molecule has 19 heavy (non-hydrogen) atoms. The molecule has 1 saturated heterocycles. The number of nitrogens with zero attached hydrogens (tertiary/aromatic N) is 2. The Bertz CT molecular complexity index is 417. The van der Waals surface area contributed by atoms with Gasteiger partial charge >= 0.3 is 0 Å². The Balaban J connectivity index is 2.37. The number of hydrogen-bond donors (Lipinski definition) is 1. The molecule has 1 aromatic heterocycles. The quantitative estimate of drug-likeness (QED) is 0.883. The Morgan fingerprint density at radius 1 is 1.37 bits per heavy atom. The molecular formula is C14H23N3O2. The van der Waals surface area contributed by atoms with Gasteiger partial charge in [0.25, 0.3) is 0 Å². The predicted octanol–water partition coefficient (Wildman–Crippen LogP) is 2.12. The van der Waals surface area contributed by atoms with E-state index in [1.54, 1.807) is 7.11 Å². The molecule has 5 heteroatoms. The fraction of sp³-hybridized carbons (Fsp3) is 0.714. The van der Waals surface area contributed by atoms with Gasteiger partial charge in [0.2, 0.25) is 0 Å². The molecule has 5 nitrogen and oxygen atoms in total. The lowest BCUT2D eigenvalue weighted by Crippen LogP contribution is -2.37. The highest BCUT2D eigenvalue weighted by Gasteiger charge is 2.37. The van der Waals surface area contributed by atoms with Crippen LogP contribution in [0.25, 0.3) is 0 Å². The van der Waals surface area contributed by atoms with Crippen molar-refractivity contribution in [3.8, 4) is 0 Å². The number of ether oxygens (including phenoxy) is 2. The van der Waals surface area contributed by atoms with E-state index in [2.05, 4.69) is 17.2 Å². The first-order valence-electron chi connectivity index (χ1n) is 6.93. The van der Waals surface area contributed by atoms with Gasteiger partial charge in [0, 0.05) is 52.0 Å². The van der Waals surface area contributed by atoms with Crippen LogP contribution < -0.4 is 5.32 Å². The predicted molar refractivity (Wildman–Crippen MR) is 74.3 cm³/mol. The summed E-state index contributed by atoms with van der Waals surface area (Å²) >= 11 is 0. The Morgan fingerprint density at radius 3 is 2.68 bits per heavy atom. The van der Waals surface area contributed by atoms with Gasteiger partial charge in [-0.1, -0.05) is 13.3 Å². The van der Waals surface area contributed by atoms with Crippen molar-refractivity contribution in [3.63, 3.8) is 0 Å². The highest BCUT2D eigenvalue weighted by Crippen LogP contribution is 2.34. The fourth-order valence-electron chi connectivity index (χ4n) is 2.43. The Kier molecular flexibility index (Phi) is 4.71. The van der Waals surface area contributed by atoms with Crippen molar-refractivity contribution < 1.29 is 9.47 Å². The third kappa shape index (κ3) is 3.04. The molecule has 0 unspecified atom stereocenters. The van der Waals surface area contributed by atoms with E-state index < -0.39 is 5.60 Å². The third-order valence-electron chi connectivity index (χ3n) is 3.64. The molecule has 1 aromatic rings. The van der Waals surface area contributed by atoms with Gasteiger partial charge in [-0.3, -0.25) is 0 Å². The third-order valence-corrected chi connectivity index (χ3v) is 3.64. The van der Waals surface area contributed by atoms with Crippen LogP contribution in [0.15, 0.2) is 6.07 Å². The average Bonchev–Trinajstić information content (AvgIpc) is 2.48. The summed E-state index contributed by atoms with van der Waals surface area (Å²) in [7, 11) is 3.62. The number of nitrogens with one attached hydrogen (secondary N) is 1. The van der Waals surface area contributed by atoms with E-state index in [0.29, 0.717) is 13.2 Å². The molecule has 2 rings (SSSR count). The second-order valence-corrected chi connectivity index (χ2v) is 4.88. The van der Waals surface area contributed by atoms with Crippen LogP contribution in [0.2, 0.25) is 0 Å². The maximum atomic E-state index is 5.76. The van der Waals surface area contributed by atoms with Gasteiger partial charge in [-0.2, -0.15) is 0 Å². The van der Waals surface area contributed by atoms with Gasteiger partial charge in [0.15, 0.2) is 5.82 Å². The van der Waals surface area contributed by atoms with Crippen LogP contribution in [0.1, 0.15) is 37.7 Å². The molecule has 106 valence electrons. The fourth-order valence-corrected chi connectivity index (χ4v) is 2.43. The molecule has 0 amide bonds. The molecular weight excluding hydrogens is 242 g/mol. The van der Waals surface area contributed by atoms with Crippen LogP contribution in [-0.4, -0.2) is 37.3 Å². The number of hydrogen-bond acceptors (Lipinski definition) is 5. The zero-order chi connectivity index (χ0) is 13.7. The van der Waals surface area contributed by atoms with Gasteiger partial charge in [-0.05, 0) is 6.42 Å². The van der Waals surface area contributed by atoms with E-state index in [4.69, 9.17) is 14.5 Å². The first kappa shape index (κ1) is 14.2. The maximum absolute atomic E-state index is 5.76. The van der Waals surface area contributed by atoms with E-state index in [-0.39, 0.29) is 0 Å². The molecule has 0 aromatic carbocycles. The van der Waals surface area contributed by atoms with Crippen LogP contribution in [0, 0.1) is 0 Å². The number of rotatable bonds is 5. The van der Waals surface area contributed by atoms with E-state index in [1.165, 1.54) is 0 Å². The number of anilines is 1. The van der Waals surface area contributed by atoms with Crippen molar-refractivity contribution in [3.05, 3.63) is 17.6 Å². The summed E-state index contributed by atoms with van der Waals surface area (Å²) in [4.78, 5) is 9.30. The first-order chi connectivity index (χ1) is 9.24. The van der Waals surface area contributed by atoms with Gasteiger partial charge in [-0.15, -0.1) is 0 Å². The topological polar surface area (TPSA) is 56.3 Å². The van der Waals surface area contributed by atoms with Crippen molar-refractivity contribution in [1.29, 1.82) is 0 Å². The minimum absolute atomic E-state index is 0.395. The molecule has 0 aliphatic carbocycles. The lowest BCUT2D eigenvalue weighted by atomic mass is 9.93. The van der Waals surface area contributed by atoms with Crippen LogP contribution in [0.3, 0.4) is 0 Å². The standard InChI is InChI=1S/C14H23N3O2/c1-4-5-11-10-12(15-2)17-13(16-11)14(18-3)6-8-19-9-7-14/h10H,4-9H2,1-3H3,(H,15,16,17).